The van der Waals surface area contributed by atoms with E-state index in [0.29, 0.717) is 12.0 Å². The maximum atomic E-state index is 12.2. The minimum absolute atomic E-state index is 0.270. The molecule has 3 rings (SSSR count). The van der Waals surface area contributed by atoms with Gasteiger partial charge in [0.1, 0.15) is 6.61 Å². The Balaban J connectivity index is 1.76. The number of H-pyrrole nitrogens is 1. The molecule has 1 aromatic heterocycles. The number of phosphoric acid groups is 1. The quantitative estimate of drug-likeness (QED) is 0.477. The fourth-order valence-electron chi connectivity index (χ4n) is 2.36. The van der Waals surface area contributed by atoms with Crippen LogP contribution in [0.25, 0.3) is 0 Å². The minimum Gasteiger partial charge on any atom is -0.329 e. The lowest BCUT2D eigenvalue weighted by Gasteiger charge is -2.27. The standard InChI is InChI=1S/C15H17N2O7P/c1-3-15(10-23-25(20)21-7-4-8-22-25)6-5-12(24-15)17-9-11(2)13(18)16-14(17)19/h1,5-6,9,12H,4,7-8,10H2,2H3,(H,16,18,19)/t12-,15+/m1/s1. The number of phosphoric ester groups is 1. The molecule has 2 aliphatic heterocycles. The highest BCUT2D eigenvalue weighted by Gasteiger charge is 2.40. The van der Waals surface area contributed by atoms with Crippen LogP contribution in [0.3, 0.4) is 0 Å². The third-order valence-electron chi connectivity index (χ3n) is 3.75. The Kier molecular flexibility index (Phi) is 4.82. The van der Waals surface area contributed by atoms with Gasteiger partial charge in [-0.1, -0.05) is 5.92 Å². The van der Waals surface area contributed by atoms with Gasteiger partial charge in [-0.25, -0.2) is 9.36 Å². The average Bonchev–Trinajstić information content (AvgIpc) is 3.02. The molecule has 134 valence electrons. The van der Waals surface area contributed by atoms with Gasteiger partial charge in [0, 0.05) is 11.8 Å². The molecule has 2 atom stereocenters. The van der Waals surface area contributed by atoms with Crippen molar-refractivity contribution in [2.75, 3.05) is 19.8 Å². The van der Waals surface area contributed by atoms with E-state index in [4.69, 9.17) is 24.7 Å². The topological polar surface area (TPSA) is 109 Å². The number of hydrogen-bond donors (Lipinski definition) is 1. The van der Waals surface area contributed by atoms with Crippen molar-refractivity contribution in [3.63, 3.8) is 0 Å². The molecular formula is C15H17N2O7P. The van der Waals surface area contributed by atoms with E-state index in [-0.39, 0.29) is 19.8 Å². The molecule has 0 amide bonds. The van der Waals surface area contributed by atoms with Gasteiger partial charge in [0.2, 0.25) is 0 Å². The van der Waals surface area contributed by atoms with Crippen LogP contribution >= 0.6 is 7.82 Å². The van der Waals surface area contributed by atoms with E-state index in [9.17, 15) is 14.2 Å². The monoisotopic (exact) mass is 368 g/mol. The molecule has 0 radical (unpaired) electrons. The predicted octanol–water partition coefficient (Wildman–Crippen LogP) is 0.864. The van der Waals surface area contributed by atoms with Gasteiger partial charge in [-0.05, 0) is 25.5 Å². The highest BCUT2D eigenvalue weighted by Crippen LogP contribution is 2.52. The summed E-state index contributed by atoms with van der Waals surface area (Å²) < 4.78 is 34.5. The van der Waals surface area contributed by atoms with Crippen LogP contribution in [0.5, 0.6) is 0 Å². The van der Waals surface area contributed by atoms with Crippen molar-refractivity contribution in [2.24, 2.45) is 0 Å². The number of nitrogens with one attached hydrogen (secondary N) is 1. The zero-order valence-electron chi connectivity index (χ0n) is 13.5. The summed E-state index contributed by atoms with van der Waals surface area (Å²) in [5.74, 6) is 2.43. The Labute approximate surface area is 143 Å². The summed E-state index contributed by atoms with van der Waals surface area (Å²) in [6, 6.07) is 0. The van der Waals surface area contributed by atoms with Crippen LogP contribution in [0.15, 0.2) is 27.9 Å². The number of nitrogens with zero attached hydrogens (tertiary/aromatic N) is 1. The van der Waals surface area contributed by atoms with Gasteiger partial charge in [-0.3, -0.25) is 27.9 Å². The van der Waals surface area contributed by atoms with Crippen LogP contribution in [-0.4, -0.2) is 35.0 Å². The third kappa shape index (κ3) is 3.68. The van der Waals surface area contributed by atoms with E-state index >= 15 is 0 Å². The van der Waals surface area contributed by atoms with Crippen LogP contribution in [0.2, 0.25) is 0 Å². The summed E-state index contributed by atoms with van der Waals surface area (Å²) in [4.78, 5) is 25.6. The second-order valence-electron chi connectivity index (χ2n) is 5.62. The molecule has 1 fully saturated rings. The number of rotatable bonds is 4. The molecule has 25 heavy (non-hydrogen) atoms. The van der Waals surface area contributed by atoms with Gasteiger partial charge in [0.05, 0.1) is 13.2 Å². The van der Waals surface area contributed by atoms with Crippen LogP contribution in [0.1, 0.15) is 18.2 Å². The first-order chi connectivity index (χ1) is 11.9. The van der Waals surface area contributed by atoms with E-state index < -0.39 is 30.9 Å². The summed E-state index contributed by atoms with van der Waals surface area (Å²) in [5, 5.41) is 0. The molecule has 0 aromatic carbocycles. The van der Waals surface area contributed by atoms with Crippen molar-refractivity contribution in [2.45, 2.75) is 25.2 Å². The fourth-order valence-corrected chi connectivity index (χ4v) is 3.64. The largest absolute Gasteiger partial charge is 0.474 e. The van der Waals surface area contributed by atoms with Gasteiger partial charge in [-0.2, -0.15) is 0 Å². The van der Waals surface area contributed by atoms with E-state index in [1.165, 1.54) is 16.8 Å². The van der Waals surface area contributed by atoms with Gasteiger partial charge in [-0.15, -0.1) is 6.42 Å². The lowest BCUT2D eigenvalue weighted by Crippen LogP contribution is -2.37. The molecule has 2 aliphatic rings. The Morgan fingerprint density at radius 2 is 2.20 bits per heavy atom. The van der Waals surface area contributed by atoms with Crippen molar-refractivity contribution in [1.29, 1.82) is 0 Å². The van der Waals surface area contributed by atoms with E-state index in [1.807, 2.05) is 0 Å². The highest BCUT2D eigenvalue weighted by molar-refractivity contribution is 7.48. The molecule has 0 saturated carbocycles. The summed E-state index contributed by atoms with van der Waals surface area (Å²) in [5.41, 5.74) is -2.10. The van der Waals surface area contributed by atoms with Crippen molar-refractivity contribution in [1.82, 2.24) is 9.55 Å². The molecule has 1 saturated heterocycles. The van der Waals surface area contributed by atoms with Gasteiger partial charge in [0.25, 0.3) is 5.56 Å². The summed E-state index contributed by atoms with van der Waals surface area (Å²) in [6.45, 7) is 1.83. The second-order valence-corrected chi connectivity index (χ2v) is 7.29. The fraction of sp³-hybridized carbons (Fsp3) is 0.467. The van der Waals surface area contributed by atoms with Crippen LogP contribution in [-0.2, 0) is 22.9 Å². The molecule has 0 bridgehead atoms. The van der Waals surface area contributed by atoms with E-state index in [2.05, 4.69) is 10.9 Å². The number of aromatic nitrogens is 2. The first-order valence-electron chi connectivity index (χ1n) is 7.57. The Morgan fingerprint density at radius 1 is 1.48 bits per heavy atom. The van der Waals surface area contributed by atoms with Gasteiger partial charge >= 0.3 is 13.5 Å². The lowest BCUT2D eigenvalue weighted by molar-refractivity contribution is -0.0546. The van der Waals surface area contributed by atoms with Crippen LogP contribution in [0, 0.1) is 19.3 Å². The van der Waals surface area contributed by atoms with Gasteiger partial charge in [0.15, 0.2) is 11.8 Å². The number of terminal acetylenes is 1. The van der Waals surface area contributed by atoms with E-state index in [1.54, 1.807) is 13.0 Å². The molecule has 9 nitrogen and oxygen atoms in total. The first-order valence-corrected chi connectivity index (χ1v) is 9.03. The van der Waals surface area contributed by atoms with E-state index in [0.717, 1.165) is 0 Å². The zero-order chi connectivity index (χ0) is 18.1. The van der Waals surface area contributed by atoms with Crippen LogP contribution in [0.4, 0.5) is 0 Å². The summed E-state index contributed by atoms with van der Waals surface area (Å²) in [6.07, 6.45) is 9.79. The molecule has 3 heterocycles. The highest BCUT2D eigenvalue weighted by atomic mass is 31.2. The predicted molar refractivity (Wildman–Crippen MR) is 87.0 cm³/mol. The lowest BCUT2D eigenvalue weighted by atomic mass is 10.1. The Bertz CT molecular complexity index is 886. The third-order valence-corrected chi connectivity index (χ3v) is 5.19. The number of ether oxygens (including phenoxy) is 1. The Morgan fingerprint density at radius 3 is 2.88 bits per heavy atom. The summed E-state index contributed by atoms with van der Waals surface area (Å²) in [7, 11) is -3.66. The van der Waals surface area contributed by atoms with Gasteiger partial charge < -0.3 is 4.74 Å². The first kappa shape index (κ1) is 17.9. The van der Waals surface area contributed by atoms with Crippen molar-refractivity contribution in [3.05, 3.63) is 44.8 Å². The number of aromatic amines is 1. The molecule has 0 unspecified atom stereocenters. The zero-order valence-corrected chi connectivity index (χ0v) is 14.4. The van der Waals surface area contributed by atoms with Crippen molar-refractivity contribution in [3.8, 4) is 12.3 Å². The second kappa shape index (κ2) is 6.75. The summed E-state index contributed by atoms with van der Waals surface area (Å²) >= 11 is 0. The number of aryl methyl sites for hydroxylation is 1. The molecule has 0 spiro atoms. The smallest absolute Gasteiger partial charge is 0.329 e. The van der Waals surface area contributed by atoms with Crippen LogP contribution < -0.4 is 11.2 Å². The molecule has 1 aromatic rings. The maximum absolute atomic E-state index is 12.2. The molecule has 10 heteroatoms. The SMILES string of the molecule is C#C[C@@]1(COP2(=O)OCCCO2)C=C[C@H](n2cc(C)c(=O)[nH]c2=O)O1. The van der Waals surface area contributed by atoms with Crippen molar-refractivity contribution >= 4 is 7.82 Å². The Hall–Kier alpha value is -1.95. The maximum Gasteiger partial charge on any atom is 0.474 e. The average molecular weight is 368 g/mol. The minimum atomic E-state index is -3.66. The van der Waals surface area contributed by atoms with Crippen molar-refractivity contribution < 1.29 is 22.9 Å². The molecule has 0 aliphatic carbocycles. The molecular weight excluding hydrogens is 351 g/mol. The molecule has 1 N–H and O–H groups in total. The normalized spacial score (nSPS) is 27.9. The number of hydrogen-bond acceptors (Lipinski definition) is 7.